The van der Waals surface area contributed by atoms with Crippen molar-refractivity contribution >= 4 is 108 Å². The van der Waals surface area contributed by atoms with Gasteiger partial charge in [-0.2, -0.15) is 20.1 Å². The maximum atomic E-state index is 12.5. The Balaban J connectivity index is 1.58. The molecule has 0 aliphatic carbocycles. The Morgan fingerprint density at radius 3 is 1.91 bits per heavy atom. The summed E-state index contributed by atoms with van der Waals surface area (Å²) in [5.41, 5.74) is -1.74. The van der Waals surface area contributed by atoms with Crippen molar-refractivity contribution in [2.24, 2.45) is 10.2 Å². The lowest BCUT2D eigenvalue weighted by Crippen LogP contribution is -2.15. The summed E-state index contributed by atoms with van der Waals surface area (Å²) in [6.45, 7) is -0.979. The molecule has 3 N–H and O–H groups in total. The van der Waals surface area contributed by atoms with E-state index < -0.39 is 117 Å². The van der Waals surface area contributed by atoms with Gasteiger partial charge in [0.25, 0.3) is 0 Å². The summed E-state index contributed by atoms with van der Waals surface area (Å²) in [4.78, 5) is 8.39. The Bertz CT molecular complexity index is 2990. The van der Waals surface area contributed by atoms with Crippen molar-refractivity contribution in [3.63, 3.8) is 0 Å². The highest BCUT2D eigenvalue weighted by molar-refractivity contribution is 7.91. The van der Waals surface area contributed by atoms with E-state index in [9.17, 15) is 65.4 Å². The molecular weight excluding hydrogens is 874 g/mol. The fourth-order valence-electron chi connectivity index (χ4n) is 4.62. The van der Waals surface area contributed by atoms with Crippen molar-refractivity contribution in [1.29, 1.82) is 0 Å². The number of hydrogen-bond acceptors (Lipinski definition) is 23. The normalized spacial score (nSPS) is 12.9. The van der Waals surface area contributed by atoms with Crippen molar-refractivity contribution in [1.82, 2.24) is 15.0 Å². The molecule has 0 fully saturated rings. The van der Waals surface area contributed by atoms with Crippen LogP contribution >= 0.6 is 11.6 Å². The summed E-state index contributed by atoms with van der Waals surface area (Å²) >= 11 is 6.02. The summed E-state index contributed by atoms with van der Waals surface area (Å²) in [5.74, 6) is -2.94. The summed E-state index contributed by atoms with van der Waals surface area (Å²) < 4.78 is 168. The summed E-state index contributed by atoms with van der Waals surface area (Å²) in [6.07, 6.45) is 0. The predicted molar refractivity (Wildman–Crippen MR) is 186 cm³/mol. The van der Waals surface area contributed by atoms with Gasteiger partial charge in [-0.3, -0.25) is 4.18 Å². The van der Waals surface area contributed by atoms with Gasteiger partial charge in [-0.1, -0.05) is 6.07 Å². The fourth-order valence-corrected chi connectivity index (χ4v) is 7.96. The minimum Gasteiger partial charge on any atom is -0.744 e. The van der Waals surface area contributed by atoms with Crippen LogP contribution in [0.3, 0.4) is 0 Å². The average Bonchev–Trinajstić information content (AvgIpc) is 3.05. The van der Waals surface area contributed by atoms with E-state index in [1.54, 1.807) is 0 Å². The zero-order chi connectivity index (χ0) is 41.4. The van der Waals surface area contributed by atoms with Gasteiger partial charge < -0.3 is 34.0 Å². The third-order valence-corrected chi connectivity index (χ3v) is 11.8. The van der Waals surface area contributed by atoms with E-state index >= 15 is 0 Å². The first-order chi connectivity index (χ1) is 25.8. The third-order valence-electron chi connectivity index (χ3n) is 6.96. The number of anilines is 4. The van der Waals surface area contributed by atoms with E-state index in [1.807, 2.05) is 0 Å². The van der Waals surface area contributed by atoms with Crippen molar-refractivity contribution in [2.75, 3.05) is 23.0 Å². The van der Waals surface area contributed by atoms with Crippen LogP contribution in [-0.2, 0) is 54.8 Å². The molecule has 0 saturated heterocycles. The Morgan fingerprint density at radius 1 is 0.696 bits per heavy atom. The van der Waals surface area contributed by atoms with E-state index in [4.69, 9.17) is 11.6 Å². The van der Waals surface area contributed by atoms with E-state index in [1.165, 1.54) is 12.1 Å². The molecule has 0 bridgehead atoms. The van der Waals surface area contributed by atoms with Gasteiger partial charge in [0, 0.05) is 11.1 Å². The number of nitrogens with one attached hydrogen (secondary N) is 2. The highest BCUT2D eigenvalue weighted by atomic mass is 35.5. The maximum absolute atomic E-state index is 12.5. The molecule has 298 valence electrons. The van der Waals surface area contributed by atoms with Crippen molar-refractivity contribution < 1.29 is 69.6 Å². The highest BCUT2D eigenvalue weighted by Crippen LogP contribution is 2.45. The number of nitrogens with zero attached hydrogens (tertiary/aromatic N) is 5. The van der Waals surface area contributed by atoms with Gasteiger partial charge in [-0.15, -0.1) is 5.11 Å². The number of fused-ring (bicyclic) bond motifs is 1. The lowest BCUT2D eigenvalue weighted by atomic mass is 10.1. The molecule has 0 radical (unpaired) electrons. The van der Waals surface area contributed by atoms with E-state index in [2.05, 4.69) is 40.0 Å². The van der Waals surface area contributed by atoms with Crippen molar-refractivity contribution in [3.8, 4) is 5.75 Å². The van der Waals surface area contributed by atoms with Crippen LogP contribution in [0.1, 0.15) is 0 Å². The molecule has 29 heteroatoms. The average molecular weight is 892 g/mol. The molecule has 5 aromatic rings. The second-order valence-electron chi connectivity index (χ2n) is 10.8. The number of halogens is 1. The van der Waals surface area contributed by atoms with E-state index in [-0.39, 0.29) is 22.2 Å². The Morgan fingerprint density at radius 2 is 1.32 bits per heavy atom. The molecule has 1 heterocycles. The number of phenolic OH excluding ortho intramolecular Hbond substituents is 1. The van der Waals surface area contributed by atoms with Crippen LogP contribution in [0.4, 0.5) is 34.6 Å². The number of phenols is 1. The SMILES string of the molecule is O=S(=O)([O-])OCCS(=O)(=O)c1ccc(N=Nc2c(S(=O)(=O)[O-])cc3cc(S(=O)(=O)[O-])cc(Nc4nc(Cl)nc(Nc5cccc(S(=O)(=O)[O-])c5)n4)c3c2O)cc1. The largest absolute Gasteiger partial charge is 0.744 e. The van der Waals surface area contributed by atoms with Gasteiger partial charge in [0.05, 0.1) is 43.3 Å². The summed E-state index contributed by atoms with van der Waals surface area (Å²) in [6, 6.07) is 10.4. The van der Waals surface area contributed by atoms with Gasteiger partial charge in [-0.05, 0) is 77.7 Å². The van der Waals surface area contributed by atoms with Crippen LogP contribution < -0.4 is 10.6 Å². The minimum absolute atomic E-state index is 0.0154. The van der Waals surface area contributed by atoms with Crippen molar-refractivity contribution in [2.45, 2.75) is 19.6 Å². The van der Waals surface area contributed by atoms with Crippen LogP contribution in [0.2, 0.25) is 5.28 Å². The molecule has 0 amide bonds. The molecule has 1 aromatic heterocycles. The molecule has 0 aliphatic rings. The Kier molecular flexibility index (Phi) is 11.7. The second-order valence-corrected chi connectivity index (χ2v) is 18.4. The first-order valence-corrected chi connectivity index (χ1v) is 22.0. The lowest BCUT2D eigenvalue weighted by Gasteiger charge is -2.18. The van der Waals surface area contributed by atoms with Crippen LogP contribution in [-0.4, -0.2) is 92.7 Å². The summed E-state index contributed by atoms with van der Waals surface area (Å²) in [7, 11) is -25.1. The number of sulfone groups is 1. The van der Waals surface area contributed by atoms with Gasteiger partial charge in [0.15, 0.2) is 15.6 Å². The van der Waals surface area contributed by atoms with Gasteiger partial charge in [0.2, 0.25) is 27.6 Å². The van der Waals surface area contributed by atoms with Gasteiger partial charge in [-0.25, -0.2) is 42.1 Å². The minimum atomic E-state index is -5.55. The van der Waals surface area contributed by atoms with Crippen LogP contribution in [0, 0.1) is 0 Å². The standard InChI is InChI=1S/C27H22ClN7O16S5/c28-25-31-26(29-16-2-1-3-18(12-16)53(39,40)41)33-27(32-25)30-20-13-19(54(42,43)44)10-14-11-21(55(45,46)47)23(24(36)22(14)20)35-34-15-4-6-17(7-5-15)52(37,38)9-8-51-56(48,49)50/h1-7,10-13,36H,8-9H2,(H,39,40,41)(H,42,43,44)(H,45,46,47)(H,48,49,50)(H2,29,30,31,32,33)/p-4. The maximum Gasteiger partial charge on any atom is 0.233 e. The Hall–Kier alpha value is -5.01. The molecule has 5 rings (SSSR count). The first kappa shape index (κ1) is 42.1. The van der Waals surface area contributed by atoms with E-state index in [0.717, 1.165) is 36.4 Å². The topological polar surface area (TPSA) is 380 Å². The number of benzene rings is 4. The molecule has 0 aliphatic heterocycles. The number of aromatic nitrogens is 3. The molecule has 0 unspecified atom stereocenters. The molecule has 23 nitrogen and oxygen atoms in total. The third kappa shape index (κ3) is 10.4. The smallest absolute Gasteiger partial charge is 0.233 e. The monoisotopic (exact) mass is 891 g/mol. The second kappa shape index (κ2) is 15.5. The van der Waals surface area contributed by atoms with E-state index in [0.29, 0.717) is 18.2 Å². The quantitative estimate of drug-likeness (QED) is 0.0817. The Labute approximate surface area is 321 Å². The van der Waals surface area contributed by atoms with Gasteiger partial charge >= 0.3 is 0 Å². The van der Waals surface area contributed by atoms with Crippen LogP contribution in [0.25, 0.3) is 10.8 Å². The number of aromatic hydroxyl groups is 1. The zero-order valence-electron chi connectivity index (χ0n) is 27.0. The predicted octanol–water partition coefficient (Wildman–Crippen LogP) is 2.25. The fraction of sp³-hybridized carbons (Fsp3) is 0.0741. The number of azo groups is 1. The molecular formula is C27H18ClN7O16S5-4. The zero-order valence-corrected chi connectivity index (χ0v) is 31.8. The number of rotatable bonds is 14. The van der Waals surface area contributed by atoms with Crippen LogP contribution in [0.15, 0.2) is 96.5 Å². The van der Waals surface area contributed by atoms with Crippen LogP contribution in [0.5, 0.6) is 5.75 Å². The lowest BCUT2D eigenvalue weighted by molar-refractivity contribution is 0.276. The number of hydrogen-bond donors (Lipinski definition) is 3. The first-order valence-electron chi connectivity index (χ1n) is 14.4. The molecule has 0 spiro atoms. The summed E-state index contributed by atoms with van der Waals surface area (Å²) in [5, 5.41) is 22.3. The molecule has 0 saturated carbocycles. The molecule has 0 atom stereocenters. The van der Waals surface area contributed by atoms with Gasteiger partial charge in [0.1, 0.15) is 36.0 Å². The molecule has 56 heavy (non-hydrogen) atoms. The van der Waals surface area contributed by atoms with Crippen molar-refractivity contribution in [3.05, 3.63) is 72.0 Å². The highest BCUT2D eigenvalue weighted by Gasteiger charge is 2.23. The molecule has 4 aromatic carbocycles.